The molecule has 0 spiro atoms. The van der Waals surface area contributed by atoms with Crippen LogP contribution >= 0.6 is 0 Å². The Hall–Kier alpha value is -11.6. The van der Waals surface area contributed by atoms with Crippen LogP contribution in [0, 0.1) is 0 Å². The number of benzene rings is 15. The van der Waals surface area contributed by atoms with Crippen LogP contribution in [0.15, 0.2) is 382 Å². The molecule has 0 unspecified atom stereocenters. The fraction of sp³-hybridized carbons (Fsp3) is 0.0816. The van der Waals surface area contributed by atoms with Gasteiger partial charge in [-0.15, -0.1) is 0 Å². The van der Waals surface area contributed by atoms with Gasteiger partial charge in [-0.05, 0) is 150 Å². The van der Waals surface area contributed by atoms with E-state index in [0.717, 1.165) is 33.9 Å². The van der Waals surface area contributed by atoms with Crippen molar-refractivity contribution in [2.45, 2.75) is 52.4 Å². The third-order valence-electron chi connectivity index (χ3n) is 21.8. The molecule has 17 rings (SSSR count). The van der Waals surface area contributed by atoms with Gasteiger partial charge in [0.2, 0.25) is 0 Å². The van der Waals surface area contributed by atoms with Crippen LogP contribution in [0.25, 0.3) is 44.5 Å². The van der Waals surface area contributed by atoms with Gasteiger partial charge in [-0.1, -0.05) is 387 Å². The minimum Gasteiger partial charge on any atom is -0.311 e. The highest BCUT2D eigenvalue weighted by atomic mass is 28.3. The molecule has 0 amide bonds. The lowest BCUT2D eigenvalue weighted by Gasteiger charge is -2.45. The molecule has 0 aliphatic carbocycles. The van der Waals surface area contributed by atoms with Crippen LogP contribution in [-0.4, -0.2) is 22.9 Å². The lowest BCUT2D eigenvalue weighted by molar-refractivity contribution is 0.591. The number of hydrogen-bond donors (Lipinski definition) is 0. The largest absolute Gasteiger partial charge is 0.311 e. The van der Waals surface area contributed by atoms with E-state index in [1.165, 1.54) is 114 Å². The van der Waals surface area contributed by atoms with Crippen molar-refractivity contribution in [1.29, 1.82) is 0 Å². The number of nitrogens with zero attached hydrogens (tertiary/aromatic N) is 2. The highest BCUT2D eigenvalue weighted by Crippen LogP contribution is 2.50. The van der Waals surface area contributed by atoms with Gasteiger partial charge in [0.15, 0.2) is 16.1 Å². The smallest absolute Gasteiger partial charge is 0.252 e. The maximum absolute atomic E-state index is 2.93. The summed E-state index contributed by atoms with van der Waals surface area (Å²) in [6.07, 6.45) is 0. The normalized spacial score (nSPS) is 12.7. The van der Waals surface area contributed by atoms with Gasteiger partial charge in [0.05, 0.1) is 11.4 Å². The van der Waals surface area contributed by atoms with Crippen molar-refractivity contribution in [2.24, 2.45) is 0 Å². The third kappa shape index (κ3) is 11.1. The molecule has 15 aromatic carbocycles. The molecule has 2 aliphatic rings. The van der Waals surface area contributed by atoms with Crippen LogP contribution in [0.3, 0.4) is 0 Å². The SMILES string of the molecule is CC(C)(C)c1ccccc1-c1ccc2c(c1)N(c1ccccc1-c1cccc([Si](c3ccccc3)(c3ccccc3)c3ccccc3)c1)c1cccc3c1B2c1ccc(-c2ccccc2C(C)(C)C)cc1N3c1ccccc1-c1cccc([Si](c2ccccc2)(c2ccccc2)c2ccccc2)c1. The van der Waals surface area contributed by atoms with E-state index >= 15 is 0 Å². The summed E-state index contributed by atoms with van der Waals surface area (Å²) in [5, 5.41) is 10.7. The molecular weight excluding hydrogens is 1270 g/mol. The van der Waals surface area contributed by atoms with E-state index in [-0.39, 0.29) is 17.5 Å². The number of rotatable bonds is 14. The second kappa shape index (κ2) is 26.4. The first-order valence-corrected chi connectivity index (χ1v) is 40.3. The topological polar surface area (TPSA) is 6.48 Å². The molecule has 5 heteroatoms. The maximum Gasteiger partial charge on any atom is 0.252 e. The van der Waals surface area contributed by atoms with Gasteiger partial charge in [0, 0.05) is 33.9 Å². The molecule has 2 aliphatic heterocycles. The summed E-state index contributed by atoms with van der Waals surface area (Å²) < 4.78 is 0. The highest BCUT2D eigenvalue weighted by molar-refractivity contribution is 7.20. The molecule has 0 N–H and O–H groups in total. The van der Waals surface area contributed by atoms with Crippen molar-refractivity contribution in [2.75, 3.05) is 9.80 Å². The molecule has 0 fully saturated rings. The Balaban J connectivity index is 0.921. The zero-order chi connectivity index (χ0) is 69.9. The van der Waals surface area contributed by atoms with Gasteiger partial charge in [-0.3, -0.25) is 0 Å². The molecule has 0 saturated carbocycles. The van der Waals surface area contributed by atoms with Gasteiger partial charge in [0.25, 0.3) is 6.71 Å². The molecule has 0 aromatic heterocycles. The fourth-order valence-electron chi connectivity index (χ4n) is 17.4. The predicted octanol–water partition coefficient (Wildman–Crippen LogP) is 17.8. The Morgan fingerprint density at radius 3 is 0.806 bits per heavy atom. The second-order valence-electron chi connectivity index (χ2n) is 29.8. The quantitative estimate of drug-likeness (QED) is 0.0791. The van der Waals surface area contributed by atoms with Gasteiger partial charge < -0.3 is 9.80 Å². The molecule has 494 valence electrons. The first kappa shape index (κ1) is 64.8. The summed E-state index contributed by atoms with van der Waals surface area (Å²) in [7, 11) is -5.87. The monoisotopic (exact) mass is 1350 g/mol. The number of fused-ring (bicyclic) bond motifs is 4. The van der Waals surface area contributed by atoms with Gasteiger partial charge in [-0.2, -0.15) is 0 Å². The summed E-state index contributed by atoms with van der Waals surface area (Å²) in [4.78, 5) is 5.28. The van der Waals surface area contributed by atoms with E-state index in [4.69, 9.17) is 0 Å². The number of anilines is 6. The third-order valence-corrected chi connectivity index (χ3v) is 31.4. The van der Waals surface area contributed by atoms with E-state index in [1.807, 2.05) is 0 Å². The average molecular weight is 1350 g/mol. The Bertz CT molecular complexity index is 5070. The first-order valence-electron chi connectivity index (χ1n) is 36.3. The Morgan fingerprint density at radius 1 is 0.214 bits per heavy atom. The van der Waals surface area contributed by atoms with Crippen LogP contribution in [-0.2, 0) is 10.8 Å². The van der Waals surface area contributed by atoms with Crippen LogP contribution in [0.4, 0.5) is 34.1 Å². The first-order chi connectivity index (χ1) is 50.4. The zero-order valence-corrected chi connectivity index (χ0v) is 61.3. The fourth-order valence-corrected chi connectivity index (χ4v) is 26.9. The highest BCUT2D eigenvalue weighted by Gasteiger charge is 2.47. The minimum absolute atomic E-state index is 0.105. The van der Waals surface area contributed by atoms with Crippen molar-refractivity contribution in [3.63, 3.8) is 0 Å². The zero-order valence-electron chi connectivity index (χ0n) is 59.3. The summed E-state index contributed by atoms with van der Waals surface area (Å²) in [6.45, 7) is 13.9. The van der Waals surface area contributed by atoms with Crippen molar-refractivity contribution >= 4 is 115 Å². The minimum atomic E-state index is -2.93. The van der Waals surface area contributed by atoms with E-state index in [0.29, 0.717) is 0 Å². The van der Waals surface area contributed by atoms with Crippen LogP contribution in [0.2, 0.25) is 0 Å². The molecule has 0 saturated heterocycles. The molecule has 2 nitrogen and oxygen atoms in total. The molecule has 15 aromatic rings. The molecule has 2 heterocycles. The number of para-hydroxylation sites is 2. The van der Waals surface area contributed by atoms with Crippen molar-refractivity contribution in [3.05, 3.63) is 393 Å². The van der Waals surface area contributed by atoms with E-state index < -0.39 is 16.1 Å². The van der Waals surface area contributed by atoms with Gasteiger partial charge in [0.1, 0.15) is 0 Å². The molecule has 103 heavy (non-hydrogen) atoms. The molecular formula is C98H81BN2Si2. The molecule has 0 atom stereocenters. The summed E-state index contributed by atoms with van der Waals surface area (Å²) >= 11 is 0. The number of hydrogen-bond acceptors (Lipinski definition) is 2. The van der Waals surface area contributed by atoms with Crippen LogP contribution < -0.4 is 67.7 Å². The van der Waals surface area contributed by atoms with E-state index in [1.54, 1.807) is 0 Å². The lowest BCUT2D eigenvalue weighted by atomic mass is 9.33. The van der Waals surface area contributed by atoms with Crippen molar-refractivity contribution < 1.29 is 0 Å². The van der Waals surface area contributed by atoms with Gasteiger partial charge >= 0.3 is 0 Å². The average Bonchev–Trinajstić information content (AvgIpc) is 0.698. The van der Waals surface area contributed by atoms with E-state index in [2.05, 4.69) is 434 Å². The summed E-state index contributed by atoms with van der Waals surface area (Å²) in [5.74, 6) is 0. The summed E-state index contributed by atoms with van der Waals surface area (Å²) in [6, 6.07) is 146. The van der Waals surface area contributed by atoms with Crippen molar-refractivity contribution in [1.82, 2.24) is 0 Å². The molecule has 0 radical (unpaired) electrons. The Labute approximate surface area is 610 Å². The molecule has 0 bridgehead atoms. The standard InChI is InChI=1S/C98H81BN2Si2/c1-97(2,3)86-56-29-25-52-82(86)72-62-64-88-94(68-72)100(90-58-31-27-54-84(90)70-36-33-50-80(66-70)102(74-38-13-7-14-39-74,75-40-15-8-16-41-75)76-42-17-9-18-43-76)92-60-35-61-93-96(92)99(88)89-65-63-73(83-53-26-30-57-87(83)98(4,5)6)69-95(89)101(93)91-59-32-28-55-85(91)71-37-34-51-81(67-71)103(77-44-19-10-20-45-77,78-46-21-11-22-47-78)79-48-23-12-24-49-79/h7-69H,1-6H3. The van der Waals surface area contributed by atoms with Gasteiger partial charge in [-0.25, -0.2) is 0 Å². The second-order valence-corrected chi connectivity index (χ2v) is 37.5. The Morgan fingerprint density at radius 2 is 0.476 bits per heavy atom. The van der Waals surface area contributed by atoms with E-state index in [9.17, 15) is 0 Å². The maximum atomic E-state index is 2.64. The lowest BCUT2D eigenvalue weighted by Crippen LogP contribution is -2.74. The summed E-state index contributed by atoms with van der Waals surface area (Å²) in [5.41, 5.74) is 22.6. The van der Waals surface area contributed by atoms with Crippen LogP contribution in [0.1, 0.15) is 52.7 Å². The van der Waals surface area contributed by atoms with Crippen LogP contribution in [0.5, 0.6) is 0 Å². The predicted molar refractivity (Wildman–Crippen MR) is 447 cm³/mol. The van der Waals surface area contributed by atoms with Crippen molar-refractivity contribution in [3.8, 4) is 44.5 Å². The Kier molecular flexibility index (Phi) is 16.6.